The van der Waals surface area contributed by atoms with Crippen molar-refractivity contribution in [3.05, 3.63) is 48.2 Å². The summed E-state index contributed by atoms with van der Waals surface area (Å²) in [4.78, 5) is 24.9. The fourth-order valence-electron chi connectivity index (χ4n) is 2.92. The zero-order valence-electron chi connectivity index (χ0n) is 14.3. The molecule has 0 unspecified atom stereocenters. The lowest BCUT2D eigenvalue weighted by Crippen LogP contribution is -2.38. The quantitative estimate of drug-likeness (QED) is 0.855. The van der Waals surface area contributed by atoms with Crippen LogP contribution in [0.1, 0.15) is 5.56 Å². The molecule has 1 aromatic carbocycles. The number of carbonyl (C=O) groups excluding carboxylic acids is 1. The first kappa shape index (κ1) is 17.2. The van der Waals surface area contributed by atoms with Crippen LogP contribution < -0.4 is 10.2 Å². The molecule has 1 aromatic heterocycles. The molecule has 7 heteroatoms. The number of carbonyl (C=O) groups is 1. The third-order valence-electron chi connectivity index (χ3n) is 4.23. The number of hydrogen-bond acceptors (Lipinski definition) is 6. The van der Waals surface area contributed by atoms with Gasteiger partial charge in [-0.25, -0.2) is 4.98 Å². The maximum absolute atomic E-state index is 12.6. The van der Waals surface area contributed by atoms with E-state index in [1.54, 1.807) is 24.2 Å². The fourth-order valence-corrected chi connectivity index (χ4v) is 2.92. The summed E-state index contributed by atoms with van der Waals surface area (Å²) in [6.45, 7) is 1.86. The second kappa shape index (κ2) is 7.94. The predicted molar refractivity (Wildman–Crippen MR) is 96.5 cm³/mol. The first-order chi connectivity index (χ1) is 12.2. The molecule has 0 bridgehead atoms. The second-order valence-electron chi connectivity index (χ2n) is 6.09. The molecule has 1 aliphatic rings. The lowest BCUT2D eigenvalue weighted by molar-refractivity contribution is -0.131. The Labute approximate surface area is 147 Å². The van der Waals surface area contributed by atoms with E-state index in [0.29, 0.717) is 38.5 Å². The molecule has 0 saturated carbocycles. The van der Waals surface area contributed by atoms with Crippen molar-refractivity contribution in [2.75, 3.05) is 43.4 Å². The van der Waals surface area contributed by atoms with E-state index in [1.165, 1.54) is 0 Å². The zero-order chi connectivity index (χ0) is 17.6. The van der Waals surface area contributed by atoms with Crippen LogP contribution in [0.4, 0.5) is 11.8 Å². The Hall–Kier alpha value is -2.67. The zero-order valence-corrected chi connectivity index (χ0v) is 14.3. The summed E-state index contributed by atoms with van der Waals surface area (Å²) >= 11 is 0. The van der Waals surface area contributed by atoms with Crippen molar-refractivity contribution in [2.24, 2.45) is 0 Å². The van der Waals surface area contributed by atoms with Crippen LogP contribution in [-0.2, 0) is 11.2 Å². The first-order valence-corrected chi connectivity index (χ1v) is 8.41. The summed E-state index contributed by atoms with van der Waals surface area (Å²) < 4.78 is 0. The van der Waals surface area contributed by atoms with Crippen LogP contribution in [-0.4, -0.2) is 65.2 Å². The van der Waals surface area contributed by atoms with Gasteiger partial charge >= 0.3 is 0 Å². The van der Waals surface area contributed by atoms with Gasteiger partial charge in [-0.1, -0.05) is 30.3 Å². The van der Waals surface area contributed by atoms with E-state index in [9.17, 15) is 9.90 Å². The van der Waals surface area contributed by atoms with Crippen molar-refractivity contribution in [2.45, 2.75) is 12.5 Å². The van der Waals surface area contributed by atoms with Crippen molar-refractivity contribution in [1.82, 2.24) is 14.9 Å². The number of rotatable bonds is 4. The summed E-state index contributed by atoms with van der Waals surface area (Å²) in [7, 11) is 1.80. The molecule has 0 radical (unpaired) electrons. The number of aliphatic hydroxyl groups is 1. The Kier molecular flexibility index (Phi) is 5.45. The number of anilines is 2. The number of benzene rings is 1. The molecular formula is C18H23N5O2. The minimum absolute atomic E-state index is 0.0250. The summed E-state index contributed by atoms with van der Waals surface area (Å²) in [5.74, 6) is 1.31. The Morgan fingerprint density at radius 1 is 1.24 bits per heavy atom. The van der Waals surface area contributed by atoms with Gasteiger partial charge in [0.2, 0.25) is 11.9 Å². The van der Waals surface area contributed by atoms with E-state index in [0.717, 1.165) is 11.4 Å². The van der Waals surface area contributed by atoms with E-state index in [1.807, 2.05) is 35.2 Å². The summed E-state index contributed by atoms with van der Waals surface area (Å²) in [5.41, 5.74) is 0.980. The van der Waals surface area contributed by atoms with Gasteiger partial charge in [-0.15, -0.1) is 0 Å². The van der Waals surface area contributed by atoms with Crippen LogP contribution in [0.5, 0.6) is 0 Å². The van der Waals surface area contributed by atoms with Crippen LogP contribution in [0.15, 0.2) is 42.6 Å². The molecular weight excluding hydrogens is 318 g/mol. The highest BCUT2D eigenvalue weighted by Gasteiger charge is 2.25. The molecule has 1 fully saturated rings. The van der Waals surface area contributed by atoms with Gasteiger partial charge in [-0.3, -0.25) is 4.79 Å². The van der Waals surface area contributed by atoms with Gasteiger partial charge in [0.25, 0.3) is 0 Å². The molecule has 3 rings (SSSR count). The lowest BCUT2D eigenvalue weighted by Gasteiger charge is -2.22. The third kappa shape index (κ3) is 4.45. The molecule has 2 N–H and O–H groups in total. The third-order valence-corrected chi connectivity index (χ3v) is 4.23. The molecule has 2 heterocycles. The molecule has 1 amide bonds. The van der Waals surface area contributed by atoms with Gasteiger partial charge < -0.3 is 20.2 Å². The standard InChI is InChI=1S/C18H23N5O2/c1-19-16-7-8-20-18(21-16)23-10-9-22(12-15(24)13-23)17(25)11-14-5-3-2-4-6-14/h2-8,15,24H,9-13H2,1H3,(H,19,20,21)/t15-/m0/s1. The van der Waals surface area contributed by atoms with Gasteiger partial charge in [0.1, 0.15) is 5.82 Å². The number of β-amino-alcohol motifs (C(OH)–C–C–N with tert-alkyl or cyclic N) is 1. The topological polar surface area (TPSA) is 81.6 Å². The normalized spacial score (nSPS) is 17.9. The lowest BCUT2D eigenvalue weighted by atomic mass is 10.1. The number of aromatic nitrogens is 2. The smallest absolute Gasteiger partial charge is 0.227 e. The van der Waals surface area contributed by atoms with Crippen LogP contribution in [0.25, 0.3) is 0 Å². The van der Waals surface area contributed by atoms with E-state index < -0.39 is 6.10 Å². The highest BCUT2D eigenvalue weighted by Crippen LogP contribution is 2.14. The number of nitrogens with one attached hydrogen (secondary N) is 1. The first-order valence-electron chi connectivity index (χ1n) is 8.41. The number of amides is 1. The molecule has 0 spiro atoms. The minimum atomic E-state index is -0.635. The van der Waals surface area contributed by atoms with Crippen LogP contribution in [0.3, 0.4) is 0 Å². The van der Waals surface area contributed by atoms with E-state index in [2.05, 4.69) is 15.3 Å². The Bertz CT molecular complexity index is 710. The van der Waals surface area contributed by atoms with E-state index in [-0.39, 0.29) is 5.91 Å². The van der Waals surface area contributed by atoms with Crippen LogP contribution in [0.2, 0.25) is 0 Å². The SMILES string of the molecule is CNc1ccnc(N2CCN(C(=O)Cc3ccccc3)C[C@H](O)C2)n1. The molecule has 132 valence electrons. The highest BCUT2D eigenvalue weighted by atomic mass is 16.3. The van der Waals surface area contributed by atoms with Gasteiger partial charge in [0, 0.05) is 39.4 Å². The van der Waals surface area contributed by atoms with Crippen LogP contribution in [0, 0.1) is 0 Å². The average Bonchev–Trinajstić information content (AvgIpc) is 2.84. The average molecular weight is 341 g/mol. The summed E-state index contributed by atoms with van der Waals surface area (Å²) in [6.07, 6.45) is 1.40. The number of hydrogen-bond donors (Lipinski definition) is 2. The fraction of sp³-hybridized carbons (Fsp3) is 0.389. The minimum Gasteiger partial charge on any atom is -0.389 e. The highest BCUT2D eigenvalue weighted by molar-refractivity contribution is 5.79. The van der Waals surface area contributed by atoms with Crippen molar-refractivity contribution in [3.63, 3.8) is 0 Å². The van der Waals surface area contributed by atoms with E-state index >= 15 is 0 Å². The number of aliphatic hydroxyl groups excluding tert-OH is 1. The van der Waals surface area contributed by atoms with Gasteiger partial charge in [-0.2, -0.15) is 4.98 Å². The molecule has 7 nitrogen and oxygen atoms in total. The number of nitrogens with zero attached hydrogens (tertiary/aromatic N) is 4. The monoisotopic (exact) mass is 341 g/mol. The second-order valence-corrected chi connectivity index (χ2v) is 6.09. The molecule has 1 saturated heterocycles. The van der Waals surface area contributed by atoms with Gasteiger partial charge in [-0.05, 0) is 11.6 Å². The van der Waals surface area contributed by atoms with Gasteiger partial charge in [0.05, 0.1) is 12.5 Å². The predicted octanol–water partition coefficient (Wildman–Crippen LogP) is 0.770. The van der Waals surface area contributed by atoms with Gasteiger partial charge in [0.15, 0.2) is 0 Å². The Balaban J connectivity index is 1.67. The Morgan fingerprint density at radius 3 is 2.80 bits per heavy atom. The van der Waals surface area contributed by atoms with E-state index in [4.69, 9.17) is 0 Å². The van der Waals surface area contributed by atoms with Crippen molar-refractivity contribution in [1.29, 1.82) is 0 Å². The Morgan fingerprint density at radius 2 is 2.04 bits per heavy atom. The van der Waals surface area contributed by atoms with Crippen molar-refractivity contribution in [3.8, 4) is 0 Å². The molecule has 2 aromatic rings. The maximum Gasteiger partial charge on any atom is 0.227 e. The largest absolute Gasteiger partial charge is 0.389 e. The van der Waals surface area contributed by atoms with Crippen molar-refractivity contribution < 1.29 is 9.90 Å². The summed E-state index contributed by atoms with van der Waals surface area (Å²) in [6, 6.07) is 11.4. The molecule has 1 atom stereocenters. The van der Waals surface area contributed by atoms with Crippen molar-refractivity contribution >= 4 is 17.7 Å². The summed E-state index contributed by atoms with van der Waals surface area (Å²) in [5, 5.41) is 13.3. The maximum atomic E-state index is 12.6. The molecule has 1 aliphatic heterocycles. The van der Waals surface area contributed by atoms with Crippen LogP contribution >= 0.6 is 0 Å². The molecule has 0 aliphatic carbocycles. The molecule has 25 heavy (non-hydrogen) atoms.